The Morgan fingerprint density at radius 3 is 2.46 bits per heavy atom. The Bertz CT molecular complexity index is 676. The van der Waals surface area contributed by atoms with Crippen molar-refractivity contribution >= 4 is 5.95 Å². The Labute approximate surface area is 136 Å². The van der Waals surface area contributed by atoms with E-state index in [1.54, 1.807) is 24.5 Å². The van der Waals surface area contributed by atoms with E-state index in [2.05, 4.69) is 20.0 Å². The van der Waals surface area contributed by atoms with Crippen molar-refractivity contribution in [2.24, 2.45) is 5.92 Å². The SMILES string of the molecule is FC(F)(F)Oc1cc(CNc2ncccn2)cc(OCC2CC2)c1. The minimum Gasteiger partial charge on any atom is -0.493 e. The van der Waals surface area contributed by atoms with E-state index in [1.807, 2.05) is 0 Å². The molecule has 1 aromatic carbocycles. The van der Waals surface area contributed by atoms with E-state index < -0.39 is 6.36 Å². The van der Waals surface area contributed by atoms with Crippen molar-refractivity contribution in [3.63, 3.8) is 0 Å². The van der Waals surface area contributed by atoms with Gasteiger partial charge in [-0.05, 0) is 42.5 Å². The number of alkyl halides is 3. The van der Waals surface area contributed by atoms with Gasteiger partial charge in [-0.3, -0.25) is 0 Å². The molecule has 5 nitrogen and oxygen atoms in total. The van der Waals surface area contributed by atoms with E-state index in [1.165, 1.54) is 12.1 Å². The zero-order chi connectivity index (χ0) is 17.0. The van der Waals surface area contributed by atoms with Gasteiger partial charge in [0, 0.05) is 25.0 Å². The van der Waals surface area contributed by atoms with Crippen molar-refractivity contribution in [3.8, 4) is 11.5 Å². The molecule has 1 fully saturated rings. The molecule has 0 aliphatic heterocycles. The summed E-state index contributed by atoms with van der Waals surface area (Å²) in [4.78, 5) is 8.00. The highest BCUT2D eigenvalue weighted by Gasteiger charge is 2.31. The molecular weight excluding hydrogens is 323 g/mol. The Morgan fingerprint density at radius 1 is 1.08 bits per heavy atom. The summed E-state index contributed by atoms with van der Waals surface area (Å²) in [5.41, 5.74) is 0.579. The zero-order valence-electron chi connectivity index (χ0n) is 12.7. The van der Waals surface area contributed by atoms with E-state index in [-0.39, 0.29) is 12.3 Å². The molecule has 1 aliphatic rings. The van der Waals surface area contributed by atoms with E-state index in [0.29, 0.717) is 29.8 Å². The summed E-state index contributed by atoms with van der Waals surface area (Å²) in [5.74, 6) is 0.938. The molecule has 0 bridgehead atoms. The summed E-state index contributed by atoms with van der Waals surface area (Å²) >= 11 is 0. The molecule has 24 heavy (non-hydrogen) atoms. The lowest BCUT2D eigenvalue weighted by molar-refractivity contribution is -0.274. The number of halogens is 3. The highest BCUT2D eigenvalue weighted by atomic mass is 19.4. The van der Waals surface area contributed by atoms with Crippen LogP contribution < -0.4 is 14.8 Å². The number of ether oxygens (including phenoxy) is 2. The summed E-state index contributed by atoms with van der Waals surface area (Å²) in [6.45, 7) is 0.753. The molecule has 0 radical (unpaired) electrons. The van der Waals surface area contributed by atoms with E-state index >= 15 is 0 Å². The number of hydrogen-bond acceptors (Lipinski definition) is 5. The van der Waals surface area contributed by atoms with Gasteiger partial charge in [0.05, 0.1) is 6.61 Å². The van der Waals surface area contributed by atoms with Gasteiger partial charge in [0.15, 0.2) is 0 Å². The fourth-order valence-corrected chi connectivity index (χ4v) is 2.08. The number of nitrogens with zero attached hydrogens (tertiary/aromatic N) is 2. The largest absolute Gasteiger partial charge is 0.573 e. The summed E-state index contributed by atoms with van der Waals surface area (Å²) in [6.07, 6.45) is 0.588. The van der Waals surface area contributed by atoms with Gasteiger partial charge < -0.3 is 14.8 Å². The molecule has 1 N–H and O–H groups in total. The average molecular weight is 339 g/mol. The fourth-order valence-electron chi connectivity index (χ4n) is 2.08. The van der Waals surface area contributed by atoms with Crippen LogP contribution in [0, 0.1) is 5.92 Å². The number of hydrogen-bond donors (Lipinski definition) is 1. The van der Waals surface area contributed by atoms with Crippen LogP contribution in [0.15, 0.2) is 36.7 Å². The third-order valence-electron chi connectivity index (χ3n) is 3.37. The van der Waals surface area contributed by atoms with Gasteiger partial charge in [0.2, 0.25) is 5.95 Å². The van der Waals surface area contributed by atoms with Crippen LogP contribution in [0.4, 0.5) is 19.1 Å². The molecule has 2 aromatic rings. The molecule has 1 heterocycles. The number of aromatic nitrogens is 2. The minimum atomic E-state index is -4.75. The highest BCUT2D eigenvalue weighted by molar-refractivity contribution is 5.40. The second kappa shape index (κ2) is 6.94. The Kier molecular flexibility index (Phi) is 4.73. The predicted molar refractivity (Wildman–Crippen MR) is 80.7 cm³/mol. The molecule has 8 heteroatoms. The second-order valence-electron chi connectivity index (χ2n) is 5.54. The van der Waals surface area contributed by atoms with E-state index in [0.717, 1.165) is 12.8 Å². The molecule has 1 aromatic heterocycles. The van der Waals surface area contributed by atoms with Crippen molar-refractivity contribution in [3.05, 3.63) is 42.2 Å². The average Bonchev–Trinajstić information content (AvgIpc) is 3.34. The lowest BCUT2D eigenvalue weighted by Crippen LogP contribution is -2.17. The van der Waals surface area contributed by atoms with Crippen LogP contribution in [-0.4, -0.2) is 22.9 Å². The predicted octanol–water partition coefficient (Wildman–Crippen LogP) is 3.78. The van der Waals surface area contributed by atoms with E-state index in [9.17, 15) is 13.2 Å². The van der Waals surface area contributed by atoms with Gasteiger partial charge in [0.25, 0.3) is 0 Å². The molecule has 3 rings (SSSR count). The number of benzene rings is 1. The number of nitrogens with one attached hydrogen (secondary N) is 1. The van der Waals surface area contributed by atoms with Crippen molar-refractivity contribution < 1.29 is 22.6 Å². The molecule has 1 aliphatic carbocycles. The van der Waals surface area contributed by atoms with Crippen molar-refractivity contribution in [2.45, 2.75) is 25.7 Å². The molecule has 128 valence electrons. The summed E-state index contributed by atoms with van der Waals surface area (Å²) in [5, 5.41) is 2.94. The first-order chi connectivity index (χ1) is 11.5. The van der Waals surface area contributed by atoms with Crippen molar-refractivity contribution in [1.82, 2.24) is 9.97 Å². The minimum absolute atomic E-state index is 0.249. The molecule has 0 atom stereocenters. The van der Waals surface area contributed by atoms with Crippen LogP contribution in [0.2, 0.25) is 0 Å². The maximum atomic E-state index is 12.5. The van der Waals surface area contributed by atoms with Crippen molar-refractivity contribution in [1.29, 1.82) is 0 Å². The first-order valence-electron chi connectivity index (χ1n) is 7.51. The van der Waals surface area contributed by atoms with Crippen LogP contribution in [0.25, 0.3) is 0 Å². The molecule has 0 amide bonds. The van der Waals surface area contributed by atoms with Gasteiger partial charge in [-0.25, -0.2) is 9.97 Å². The third kappa shape index (κ3) is 5.29. The lowest BCUT2D eigenvalue weighted by atomic mass is 10.2. The number of anilines is 1. The van der Waals surface area contributed by atoms with Crippen LogP contribution in [0.3, 0.4) is 0 Å². The normalized spacial score (nSPS) is 14.3. The van der Waals surface area contributed by atoms with Crippen LogP contribution >= 0.6 is 0 Å². The van der Waals surface area contributed by atoms with Crippen LogP contribution in [0.1, 0.15) is 18.4 Å². The first-order valence-corrected chi connectivity index (χ1v) is 7.51. The topological polar surface area (TPSA) is 56.3 Å². The summed E-state index contributed by atoms with van der Waals surface area (Å²) in [7, 11) is 0. The van der Waals surface area contributed by atoms with Gasteiger partial charge >= 0.3 is 6.36 Å². The quantitative estimate of drug-likeness (QED) is 0.832. The first kappa shape index (κ1) is 16.4. The standard InChI is InChI=1S/C16H16F3N3O2/c17-16(18,19)24-14-7-12(9-22-15-20-4-1-5-21-15)6-13(8-14)23-10-11-2-3-11/h1,4-8,11H,2-3,9-10H2,(H,20,21,22). The second-order valence-corrected chi connectivity index (χ2v) is 5.54. The molecule has 1 saturated carbocycles. The van der Waals surface area contributed by atoms with Gasteiger partial charge in [-0.1, -0.05) is 0 Å². The number of rotatable bonds is 7. The third-order valence-corrected chi connectivity index (χ3v) is 3.37. The van der Waals surface area contributed by atoms with Gasteiger partial charge in [0.1, 0.15) is 11.5 Å². The van der Waals surface area contributed by atoms with E-state index in [4.69, 9.17) is 4.74 Å². The van der Waals surface area contributed by atoms with Crippen LogP contribution in [-0.2, 0) is 6.54 Å². The molecule has 0 unspecified atom stereocenters. The smallest absolute Gasteiger partial charge is 0.493 e. The summed E-state index contributed by atoms with van der Waals surface area (Å²) in [6, 6.07) is 5.92. The monoisotopic (exact) mass is 339 g/mol. The maximum Gasteiger partial charge on any atom is 0.573 e. The lowest BCUT2D eigenvalue weighted by Gasteiger charge is -2.14. The Morgan fingerprint density at radius 2 is 1.79 bits per heavy atom. The molecular formula is C16H16F3N3O2. The van der Waals surface area contributed by atoms with Gasteiger partial charge in [-0.15, -0.1) is 13.2 Å². The Balaban J connectivity index is 1.72. The molecule has 0 spiro atoms. The van der Waals surface area contributed by atoms with Crippen molar-refractivity contribution in [2.75, 3.05) is 11.9 Å². The van der Waals surface area contributed by atoms with Gasteiger partial charge in [-0.2, -0.15) is 0 Å². The maximum absolute atomic E-state index is 12.5. The highest BCUT2D eigenvalue weighted by Crippen LogP contribution is 2.32. The Hall–Kier alpha value is -2.51. The summed E-state index contributed by atoms with van der Waals surface area (Å²) < 4.78 is 47.0. The van der Waals surface area contributed by atoms with Crippen LogP contribution in [0.5, 0.6) is 11.5 Å². The zero-order valence-corrected chi connectivity index (χ0v) is 12.7. The molecule has 0 saturated heterocycles. The fraction of sp³-hybridized carbons (Fsp3) is 0.375.